The van der Waals surface area contributed by atoms with Crippen LogP contribution in [0.3, 0.4) is 0 Å². The van der Waals surface area contributed by atoms with E-state index in [0.717, 1.165) is 31.2 Å². The van der Waals surface area contributed by atoms with Crippen molar-refractivity contribution in [3.05, 3.63) is 48.1 Å². The van der Waals surface area contributed by atoms with E-state index in [9.17, 15) is 4.79 Å². The Morgan fingerprint density at radius 1 is 0.839 bits per heavy atom. The number of carbonyl (C=O) groups excluding carboxylic acids is 1. The van der Waals surface area contributed by atoms with Crippen LogP contribution in [0.15, 0.2) is 42.5 Å². The van der Waals surface area contributed by atoms with E-state index in [1.807, 2.05) is 18.2 Å². The Kier molecular flexibility index (Phi) is 16.0. The number of methoxy groups -OCH3 is 2. The number of hydrogen-bond donors (Lipinski definition) is 1. The molecule has 0 bridgehead atoms. The molecule has 0 heterocycles. The molecule has 0 aliphatic rings. The Balaban J connectivity index is 1.99. The minimum Gasteiger partial charge on any atom is -0.493 e. The highest BCUT2D eigenvalue weighted by molar-refractivity contribution is 5.75. The van der Waals surface area contributed by atoms with Gasteiger partial charge in [-0.05, 0) is 56.2 Å². The molecular formula is C27H43NO3. The molecule has 0 atom stereocenters. The van der Waals surface area contributed by atoms with Crippen molar-refractivity contribution >= 4 is 5.91 Å². The van der Waals surface area contributed by atoms with Gasteiger partial charge >= 0.3 is 0 Å². The first-order valence-electron chi connectivity index (χ1n) is 12.0. The van der Waals surface area contributed by atoms with E-state index in [1.165, 1.54) is 44.9 Å². The quantitative estimate of drug-likeness (QED) is 0.199. The second-order valence-corrected chi connectivity index (χ2v) is 7.95. The molecule has 31 heavy (non-hydrogen) atoms. The lowest BCUT2D eigenvalue weighted by Gasteiger charge is -2.10. The van der Waals surface area contributed by atoms with Crippen molar-refractivity contribution in [2.24, 2.45) is 0 Å². The SMILES string of the molecule is CCCCC/C=C\C/C=C\CCCCCCCC(=O)NCc1ccc(OC)c(OC)c1. The molecule has 0 saturated carbocycles. The average molecular weight is 430 g/mol. The summed E-state index contributed by atoms with van der Waals surface area (Å²) in [5.74, 6) is 1.49. The summed E-state index contributed by atoms with van der Waals surface area (Å²) in [4.78, 5) is 12.0. The smallest absolute Gasteiger partial charge is 0.220 e. The van der Waals surface area contributed by atoms with Crippen molar-refractivity contribution in [1.82, 2.24) is 5.32 Å². The van der Waals surface area contributed by atoms with E-state index in [4.69, 9.17) is 9.47 Å². The van der Waals surface area contributed by atoms with Crippen molar-refractivity contribution in [1.29, 1.82) is 0 Å². The van der Waals surface area contributed by atoms with Gasteiger partial charge in [-0.25, -0.2) is 0 Å². The van der Waals surface area contributed by atoms with Crippen molar-refractivity contribution in [3.8, 4) is 11.5 Å². The van der Waals surface area contributed by atoms with Crippen molar-refractivity contribution in [2.75, 3.05) is 14.2 Å². The van der Waals surface area contributed by atoms with Gasteiger partial charge in [0, 0.05) is 13.0 Å². The number of nitrogens with one attached hydrogen (secondary N) is 1. The lowest BCUT2D eigenvalue weighted by Crippen LogP contribution is -2.22. The highest BCUT2D eigenvalue weighted by Gasteiger charge is 2.06. The minimum absolute atomic E-state index is 0.112. The van der Waals surface area contributed by atoms with E-state index in [1.54, 1.807) is 14.2 Å². The number of ether oxygens (including phenoxy) is 2. The van der Waals surface area contributed by atoms with Gasteiger partial charge in [0.2, 0.25) is 5.91 Å². The summed E-state index contributed by atoms with van der Waals surface area (Å²) in [6.07, 6.45) is 22.9. The molecule has 0 radical (unpaired) electrons. The summed E-state index contributed by atoms with van der Waals surface area (Å²) in [6.45, 7) is 2.76. The van der Waals surface area contributed by atoms with Crippen LogP contribution in [-0.2, 0) is 11.3 Å². The molecule has 0 unspecified atom stereocenters. The number of unbranched alkanes of at least 4 members (excludes halogenated alkanes) is 8. The van der Waals surface area contributed by atoms with Crippen LogP contribution in [0.25, 0.3) is 0 Å². The summed E-state index contributed by atoms with van der Waals surface area (Å²) in [5, 5.41) is 2.99. The van der Waals surface area contributed by atoms with Gasteiger partial charge in [-0.1, -0.05) is 69.4 Å². The van der Waals surface area contributed by atoms with E-state index in [-0.39, 0.29) is 5.91 Å². The third kappa shape index (κ3) is 13.6. The maximum absolute atomic E-state index is 12.0. The Bertz CT molecular complexity index is 652. The van der Waals surface area contributed by atoms with Crippen LogP contribution in [0.2, 0.25) is 0 Å². The van der Waals surface area contributed by atoms with E-state index in [0.29, 0.717) is 24.5 Å². The zero-order valence-electron chi connectivity index (χ0n) is 20.0. The first kappa shape index (κ1) is 26.8. The lowest BCUT2D eigenvalue weighted by molar-refractivity contribution is -0.121. The van der Waals surface area contributed by atoms with Gasteiger partial charge in [-0.15, -0.1) is 0 Å². The monoisotopic (exact) mass is 429 g/mol. The molecule has 174 valence electrons. The van der Waals surface area contributed by atoms with E-state index < -0.39 is 0 Å². The van der Waals surface area contributed by atoms with Crippen LogP contribution in [0.4, 0.5) is 0 Å². The standard InChI is InChI=1S/C27H43NO3/c1-4-5-6-7-8-9-10-11-12-13-14-15-16-17-18-19-27(29)28-23-24-20-21-25(30-2)26(22-24)31-3/h8-9,11-12,20-22H,4-7,10,13-19,23H2,1-3H3,(H,28,29)/b9-8-,12-11-. The van der Waals surface area contributed by atoms with Crippen molar-refractivity contribution < 1.29 is 14.3 Å². The topological polar surface area (TPSA) is 47.6 Å². The third-order valence-electron chi connectivity index (χ3n) is 5.29. The fraction of sp³-hybridized carbons (Fsp3) is 0.593. The zero-order valence-corrected chi connectivity index (χ0v) is 20.0. The van der Waals surface area contributed by atoms with Gasteiger partial charge in [0.05, 0.1) is 14.2 Å². The fourth-order valence-corrected chi connectivity index (χ4v) is 3.38. The number of benzene rings is 1. The van der Waals surface area contributed by atoms with Crippen molar-refractivity contribution in [2.45, 2.75) is 90.5 Å². The van der Waals surface area contributed by atoms with Gasteiger partial charge in [-0.3, -0.25) is 4.79 Å². The Labute approximate surface area is 190 Å². The zero-order chi connectivity index (χ0) is 22.6. The Hall–Kier alpha value is -2.23. The van der Waals surface area contributed by atoms with Crippen LogP contribution in [0.5, 0.6) is 11.5 Å². The van der Waals surface area contributed by atoms with E-state index >= 15 is 0 Å². The predicted octanol–water partition coefficient (Wildman–Crippen LogP) is 7.13. The second kappa shape index (κ2) is 18.5. The number of allylic oxidation sites excluding steroid dienone is 4. The number of amides is 1. The largest absolute Gasteiger partial charge is 0.493 e. The molecule has 1 rings (SSSR count). The number of rotatable bonds is 18. The fourth-order valence-electron chi connectivity index (χ4n) is 3.38. The highest BCUT2D eigenvalue weighted by Crippen LogP contribution is 2.27. The summed E-state index contributed by atoms with van der Waals surface area (Å²) in [7, 11) is 3.23. The van der Waals surface area contributed by atoms with Crippen LogP contribution >= 0.6 is 0 Å². The molecule has 4 nitrogen and oxygen atoms in total. The molecule has 0 aromatic heterocycles. The third-order valence-corrected chi connectivity index (χ3v) is 5.29. The molecule has 0 fully saturated rings. The average Bonchev–Trinajstić information content (AvgIpc) is 2.79. The molecule has 4 heteroatoms. The normalized spacial score (nSPS) is 11.3. The van der Waals surface area contributed by atoms with Gasteiger partial charge < -0.3 is 14.8 Å². The molecule has 1 N–H and O–H groups in total. The molecule has 0 aliphatic carbocycles. The molecule has 1 amide bonds. The van der Waals surface area contributed by atoms with Crippen molar-refractivity contribution in [3.63, 3.8) is 0 Å². The van der Waals surface area contributed by atoms with Crippen LogP contribution in [0.1, 0.15) is 89.5 Å². The first-order chi connectivity index (χ1) is 15.2. The van der Waals surface area contributed by atoms with Crippen LogP contribution in [-0.4, -0.2) is 20.1 Å². The summed E-state index contributed by atoms with van der Waals surface area (Å²) in [5.41, 5.74) is 1.01. The molecule has 0 aliphatic heterocycles. The summed E-state index contributed by atoms with van der Waals surface area (Å²) in [6, 6.07) is 5.71. The summed E-state index contributed by atoms with van der Waals surface area (Å²) < 4.78 is 10.5. The second-order valence-electron chi connectivity index (χ2n) is 7.95. The molecular weight excluding hydrogens is 386 g/mol. The Morgan fingerprint density at radius 2 is 1.48 bits per heavy atom. The summed E-state index contributed by atoms with van der Waals surface area (Å²) >= 11 is 0. The maximum Gasteiger partial charge on any atom is 0.220 e. The lowest BCUT2D eigenvalue weighted by atomic mass is 10.1. The highest BCUT2D eigenvalue weighted by atomic mass is 16.5. The maximum atomic E-state index is 12.0. The van der Waals surface area contributed by atoms with Crippen LogP contribution < -0.4 is 14.8 Å². The minimum atomic E-state index is 0.112. The van der Waals surface area contributed by atoms with E-state index in [2.05, 4.69) is 36.5 Å². The number of carbonyl (C=O) groups is 1. The molecule has 1 aromatic rings. The predicted molar refractivity (Wildman–Crippen MR) is 131 cm³/mol. The molecule has 1 aromatic carbocycles. The molecule has 0 spiro atoms. The first-order valence-corrected chi connectivity index (χ1v) is 12.0. The Morgan fingerprint density at radius 3 is 2.16 bits per heavy atom. The van der Waals surface area contributed by atoms with Gasteiger partial charge in [0.1, 0.15) is 0 Å². The van der Waals surface area contributed by atoms with Crippen LogP contribution in [0, 0.1) is 0 Å². The number of hydrogen-bond acceptors (Lipinski definition) is 3. The van der Waals surface area contributed by atoms with Gasteiger partial charge in [0.15, 0.2) is 11.5 Å². The molecule has 0 saturated heterocycles. The van der Waals surface area contributed by atoms with Gasteiger partial charge in [-0.2, -0.15) is 0 Å². The van der Waals surface area contributed by atoms with Gasteiger partial charge in [0.25, 0.3) is 0 Å².